The molecule has 0 fully saturated rings. The van der Waals surface area contributed by atoms with E-state index in [0.29, 0.717) is 25.3 Å². The number of hydrogen-bond donors (Lipinski definition) is 2. The van der Waals surface area contributed by atoms with Gasteiger partial charge in [-0.15, -0.1) is 0 Å². The molecule has 0 radical (unpaired) electrons. The fourth-order valence-corrected chi connectivity index (χ4v) is 4.10. The summed E-state index contributed by atoms with van der Waals surface area (Å²) >= 11 is 2.30. The number of carbonyl (C=O) groups is 2. The Balaban J connectivity index is 1.92. The summed E-state index contributed by atoms with van der Waals surface area (Å²) in [6.45, 7) is 3.43. The topological polar surface area (TPSA) is 67.4 Å². The average Bonchev–Trinajstić information content (AvgIpc) is 2.56. The molecule has 1 unspecified atom stereocenters. The second-order valence-electron chi connectivity index (χ2n) is 6.29. The molecule has 0 saturated carbocycles. The van der Waals surface area contributed by atoms with Crippen LogP contribution in [0.2, 0.25) is 0 Å². The minimum Gasteiger partial charge on any atom is -0.367 e. The van der Waals surface area contributed by atoms with Gasteiger partial charge >= 0.3 is 0 Å². The molecular formula is C18H17IN2O3. The number of ether oxygens (including phenoxy) is 1. The molecule has 3 aliphatic heterocycles. The molecule has 0 spiro atoms. The van der Waals surface area contributed by atoms with E-state index in [1.54, 1.807) is 0 Å². The normalized spacial score (nSPS) is 23.8. The highest BCUT2D eigenvalue weighted by Gasteiger charge is 2.40. The van der Waals surface area contributed by atoms with Crippen molar-refractivity contribution in [3.63, 3.8) is 0 Å². The molecule has 6 heteroatoms. The van der Waals surface area contributed by atoms with Crippen LogP contribution in [0.4, 0.5) is 0 Å². The van der Waals surface area contributed by atoms with E-state index in [1.807, 2.05) is 6.07 Å². The Bertz CT molecular complexity index is 784. The number of aryl methyl sites for hydroxylation is 1. The molecule has 4 rings (SSSR count). The van der Waals surface area contributed by atoms with Crippen molar-refractivity contribution in [3.8, 4) is 0 Å². The van der Waals surface area contributed by atoms with Gasteiger partial charge in [0, 0.05) is 38.6 Å². The molecule has 0 bridgehead atoms. The van der Waals surface area contributed by atoms with Crippen molar-refractivity contribution in [2.24, 2.45) is 0 Å². The summed E-state index contributed by atoms with van der Waals surface area (Å²) in [6, 6.07) is 6.16. The number of benzene rings is 1. The number of nitrogens with one attached hydrogen (secondary N) is 2. The Morgan fingerprint density at radius 2 is 1.88 bits per heavy atom. The van der Waals surface area contributed by atoms with E-state index in [9.17, 15) is 9.59 Å². The third kappa shape index (κ3) is 2.53. The fraction of sp³-hybridized carbons (Fsp3) is 0.333. The van der Waals surface area contributed by atoms with E-state index in [0.717, 1.165) is 26.1 Å². The number of Topliss-reactive ketones (excluding diaryl/α,β-unsaturated/α-hetero) is 2. The highest BCUT2D eigenvalue weighted by molar-refractivity contribution is 14.1. The maximum Gasteiger partial charge on any atom is 0.187 e. The predicted octanol–water partition coefficient (Wildman–Crippen LogP) is 1.57. The van der Waals surface area contributed by atoms with Gasteiger partial charge in [0.1, 0.15) is 6.61 Å². The van der Waals surface area contributed by atoms with Gasteiger partial charge in [-0.05, 0) is 46.7 Å². The van der Waals surface area contributed by atoms with Crippen LogP contribution >= 0.6 is 22.6 Å². The second-order valence-corrected chi connectivity index (χ2v) is 7.46. The quantitative estimate of drug-likeness (QED) is 0.655. The van der Waals surface area contributed by atoms with Gasteiger partial charge in [0.15, 0.2) is 11.6 Å². The average molecular weight is 436 g/mol. The summed E-state index contributed by atoms with van der Waals surface area (Å²) in [5, 5.41) is 6.39. The summed E-state index contributed by atoms with van der Waals surface area (Å²) in [4.78, 5) is 25.2. The number of rotatable bonds is 1. The van der Waals surface area contributed by atoms with E-state index in [1.165, 1.54) is 5.56 Å². The number of halogens is 1. The van der Waals surface area contributed by atoms with Crippen molar-refractivity contribution in [2.75, 3.05) is 26.3 Å². The molecule has 1 atom stereocenters. The van der Waals surface area contributed by atoms with E-state index in [4.69, 9.17) is 4.74 Å². The zero-order valence-corrected chi connectivity index (χ0v) is 15.4. The molecule has 3 aliphatic rings. The zero-order valence-electron chi connectivity index (χ0n) is 13.2. The number of dihydropyridines is 1. The Morgan fingerprint density at radius 3 is 2.67 bits per heavy atom. The zero-order chi connectivity index (χ0) is 16.8. The number of hydrogen-bond acceptors (Lipinski definition) is 5. The lowest BCUT2D eigenvalue weighted by molar-refractivity contribution is -0.121. The first-order chi connectivity index (χ1) is 11.6. The molecule has 5 nitrogen and oxygen atoms in total. The van der Waals surface area contributed by atoms with Gasteiger partial charge in [-0.1, -0.05) is 12.1 Å². The molecule has 0 saturated heterocycles. The first-order valence-corrected chi connectivity index (χ1v) is 8.98. The maximum atomic E-state index is 12.6. The second kappa shape index (κ2) is 6.09. The van der Waals surface area contributed by atoms with Gasteiger partial charge < -0.3 is 15.4 Å². The highest BCUT2D eigenvalue weighted by atomic mass is 127. The van der Waals surface area contributed by atoms with Gasteiger partial charge in [-0.25, -0.2) is 0 Å². The lowest BCUT2D eigenvalue weighted by atomic mass is 9.75. The van der Waals surface area contributed by atoms with Crippen LogP contribution in [0.25, 0.3) is 0 Å². The van der Waals surface area contributed by atoms with Gasteiger partial charge in [0.25, 0.3) is 0 Å². The van der Waals surface area contributed by atoms with Crippen molar-refractivity contribution in [1.82, 2.24) is 10.6 Å². The summed E-state index contributed by atoms with van der Waals surface area (Å²) in [7, 11) is 0. The predicted molar refractivity (Wildman–Crippen MR) is 97.5 cm³/mol. The lowest BCUT2D eigenvalue weighted by Crippen LogP contribution is -2.45. The number of carbonyl (C=O) groups excluding carboxylic acids is 2. The monoisotopic (exact) mass is 436 g/mol. The van der Waals surface area contributed by atoms with Gasteiger partial charge in [0.05, 0.1) is 13.2 Å². The lowest BCUT2D eigenvalue weighted by Gasteiger charge is -2.37. The molecule has 0 amide bonds. The van der Waals surface area contributed by atoms with Crippen molar-refractivity contribution in [2.45, 2.75) is 12.8 Å². The summed E-state index contributed by atoms with van der Waals surface area (Å²) < 4.78 is 6.52. The third-order valence-corrected chi connectivity index (χ3v) is 5.89. The van der Waals surface area contributed by atoms with E-state index >= 15 is 0 Å². The molecule has 124 valence electrons. The first-order valence-electron chi connectivity index (χ1n) is 7.90. The van der Waals surface area contributed by atoms with Crippen LogP contribution in [-0.4, -0.2) is 37.9 Å². The molecule has 1 aromatic carbocycles. The minimum atomic E-state index is -0.295. The van der Waals surface area contributed by atoms with E-state index < -0.39 is 0 Å². The van der Waals surface area contributed by atoms with E-state index in [-0.39, 0.29) is 24.1 Å². The Kier molecular flexibility index (Phi) is 4.06. The summed E-state index contributed by atoms with van der Waals surface area (Å²) in [5.41, 5.74) is 5.26. The van der Waals surface area contributed by atoms with Crippen LogP contribution in [0.3, 0.4) is 0 Å². The van der Waals surface area contributed by atoms with Crippen LogP contribution in [0.1, 0.15) is 17.0 Å². The van der Waals surface area contributed by atoms with Crippen molar-refractivity contribution < 1.29 is 14.3 Å². The van der Waals surface area contributed by atoms with Crippen LogP contribution < -0.4 is 10.6 Å². The summed E-state index contributed by atoms with van der Waals surface area (Å²) in [5.74, 6) is -0.284. The summed E-state index contributed by atoms with van der Waals surface area (Å²) in [6.07, 6.45) is 0. The van der Waals surface area contributed by atoms with Crippen LogP contribution in [0.5, 0.6) is 0 Å². The molecular weight excluding hydrogens is 419 g/mol. The standard InChI is InChI=1S/C18H17IN2O3/c1-9-2-3-10(4-11(9)19)16-17-12(5-20-6-14(17)22)21-13-7-24-8-15(23)18(13)16/h2-4,16,20-21H,5-8H2,1H3. The molecule has 0 aliphatic carbocycles. The Labute approximate surface area is 153 Å². The SMILES string of the molecule is Cc1ccc(C2C3=C(CNCC3=O)NC3=C2C(=O)COC3)cc1I. The fourth-order valence-electron chi connectivity index (χ4n) is 3.56. The van der Waals surface area contributed by atoms with E-state index in [2.05, 4.69) is 52.3 Å². The largest absolute Gasteiger partial charge is 0.367 e. The van der Waals surface area contributed by atoms with Crippen molar-refractivity contribution in [1.29, 1.82) is 0 Å². The van der Waals surface area contributed by atoms with Gasteiger partial charge in [0.2, 0.25) is 0 Å². The molecule has 0 aromatic heterocycles. The first kappa shape index (κ1) is 16.0. The van der Waals surface area contributed by atoms with Crippen molar-refractivity contribution >= 4 is 34.2 Å². The Hall–Kier alpha value is -1.51. The number of ketones is 2. The van der Waals surface area contributed by atoms with Gasteiger partial charge in [-0.3, -0.25) is 9.59 Å². The Morgan fingerprint density at radius 1 is 1.08 bits per heavy atom. The minimum absolute atomic E-state index is 0.0396. The van der Waals surface area contributed by atoms with Gasteiger partial charge in [-0.2, -0.15) is 0 Å². The van der Waals surface area contributed by atoms with Crippen molar-refractivity contribution in [3.05, 3.63) is 55.4 Å². The third-order valence-electron chi connectivity index (χ3n) is 4.73. The van der Waals surface area contributed by atoms with Crippen LogP contribution in [0, 0.1) is 10.5 Å². The molecule has 2 N–H and O–H groups in total. The van der Waals surface area contributed by atoms with Crippen LogP contribution in [-0.2, 0) is 14.3 Å². The smallest absolute Gasteiger partial charge is 0.187 e. The molecule has 1 aromatic rings. The maximum absolute atomic E-state index is 12.6. The highest BCUT2D eigenvalue weighted by Crippen LogP contribution is 2.41. The molecule has 24 heavy (non-hydrogen) atoms. The molecule has 3 heterocycles. The van der Waals surface area contributed by atoms with Crippen LogP contribution in [0.15, 0.2) is 40.7 Å².